The lowest BCUT2D eigenvalue weighted by molar-refractivity contribution is 0.102. The molecule has 1 aromatic carbocycles. The second-order valence-corrected chi connectivity index (χ2v) is 6.50. The molecule has 1 aliphatic rings. The van der Waals surface area contributed by atoms with E-state index in [1.54, 1.807) is 18.3 Å². The lowest BCUT2D eigenvalue weighted by atomic mass is 9.91. The molecule has 1 aromatic heterocycles. The average molecular weight is 311 g/mol. The largest absolute Gasteiger partial charge is 0.494 e. The third-order valence-electron chi connectivity index (χ3n) is 3.84. The number of Topliss-reactive ketones (excluding diaryl/α,β-unsaturated/α-hetero) is 1. The summed E-state index contributed by atoms with van der Waals surface area (Å²) >= 11 is 1.59. The van der Waals surface area contributed by atoms with Gasteiger partial charge in [-0.3, -0.25) is 4.79 Å². The number of thiophene rings is 1. The van der Waals surface area contributed by atoms with Gasteiger partial charge in [-0.2, -0.15) is 5.26 Å². The highest BCUT2D eigenvalue weighted by atomic mass is 32.1. The Bertz CT molecular complexity index is 755. The van der Waals surface area contributed by atoms with Gasteiger partial charge in [0.25, 0.3) is 0 Å². The van der Waals surface area contributed by atoms with Crippen molar-refractivity contribution in [3.8, 4) is 22.3 Å². The van der Waals surface area contributed by atoms with Crippen LogP contribution >= 0.6 is 11.3 Å². The topological polar surface area (TPSA) is 50.1 Å². The summed E-state index contributed by atoms with van der Waals surface area (Å²) in [6.45, 7) is 2.20. The van der Waals surface area contributed by atoms with E-state index in [9.17, 15) is 4.79 Å². The Morgan fingerprint density at radius 3 is 2.91 bits per heavy atom. The van der Waals surface area contributed by atoms with Gasteiger partial charge in [-0.05, 0) is 67.1 Å². The van der Waals surface area contributed by atoms with Gasteiger partial charge in [0.05, 0.1) is 17.6 Å². The van der Waals surface area contributed by atoms with Crippen LogP contribution in [0, 0.1) is 11.3 Å². The molecule has 4 heteroatoms. The minimum absolute atomic E-state index is 0.137. The third-order valence-corrected chi connectivity index (χ3v) is 5.15. The fraction of sp³-hybridized carbons (Fsp3) is 0.333. The maximum Gasteiger partial charge on any atom is 0.169 e. The van der Waals surface area contributed by atoms with Crippen LogP contribution in [-0.2, 0) is 12.8 Å². The SMILES string of the molecule is CC(=O)c1cc2c(s1)-c1ccc(OCCCC#N)cc1CC2. The molecule has 112 valence electrons. The molecule has 2 aromatic rings. The summed E-state index contributed by atoms with van der Waals surface area (Å²) in [5.41, 5.74) is 3.79. The summed E-state index contributed by atoms with van der Waals surface area (Å²) in [5, 5.41) is 8.53. The van der Waals surface area contributed by atoms with Crippen molar-refractivity contribution in [3.63, 3.8) is 0 Å². The van der Waals surface area contributed by atoms with Gasteiger partial charge < -0.3 is 4.74 Å². The van der Waals surface area contributed by atoms with Crippen molar-refractivity contribution in [1.29, 1.82) is 5.26 Å². The molecule has 1 aliphatic carbocycles. The van der Waals surface area contributed by atoms with Crippen molar-refractivity contribution in [2.45, 2.75) is 32.6 Å². The first kappa shape index (κ1) is 14.8. The molecular weight excluding hydrogens is 294 g/mol. The number of hydrogen-bond acceptors (Lipinski definition) is 4. The normalized spacial score (nSPS) is 12.2. The molecule has 0 bridgehead atoms. The molecule has 0 aliphatic heterocycles. The highest BCUT2D eigenvalue weighted by molar-refractivity contribution is 7.17. The number of aryl methyl sites for hydroxylation is 2. The Morgan fingerprint density at radius 1 is 1.32 bits per heavy atom. The van der Waals surface area contributed by atoms with E-state index in [0.717, 1.165) is 29.9 Å². The Balaban J connectivity index is 1.82. The monoisotopic (exact) mass is 311 g/mol. The zero-order valence-corrected chi connectivity index (χ0v) is 13.3. The molecular formula is C18H17NO2S. The Hall–Kier alpha value is -2.12. The van der Waals surface area contributed by atoms with Gasteiger partial charge in [0.1, 0.15) is 5.75 Å². The fourth-order valence-corrected chi connectivity index (χ4v) is 3.88. The van der Waals surface area contributed by atoms with Gasteiger partial charge in [0.15, 0.2) is 5.78 Å². The molecule has 1 heterocycles. The molecule has 0 unspecified atom stereocenters. The van der Waals surface area contributed by atoms with Crippen LogP contribution in [-0.4, -0.2) is 12.4 Å². The van der Waals surface area contributed by atoms with Gasteiger partial charge in [0, 0.05) is 11.3 Å². The summed E-state index contributed by atoms with van der Waals surface area (Å²) in [5.74, 6) is 1.00. The zero-order valence-electron chi connectivity index (χ0n) is 12.5. The number of ether oxygens (including phenoxy) is 1. The van der Waals surface area contributed by atoms with Crippen LogP contribution in [0.2, 0.25) is 0 Å². The van der Waals surface area contributed by atoms with Crippen LogP contribution in [0.15, 0.2) is 24.3 Å². The summed E-state index contributed by atoms with van der Waals surface area (Å²) in [4.78, 5) is 13.6. The van der Waals surface area contributed by atoms with E-state index in [4.69, 9.17) is 10.00 Å². The van der Waals surface area contributed by atoms with Gasteiger partial charge in [-0.15, -0.1) is 11.3 Å². The molecule has 0 atom stereocenters. The van der Waals surface area contributed by atoms with Crippen molar-refractivity contribution < 1.29 is 9.53 Å². The van der Waals surface area contributed by atoms with Crippen molar-refractivity contribution in [2.75, 3.05) is 6.61 Å². The van der Waals surface area contributed by atoms with Gasteiger partial charge >= 0.3 is 0 Å². The molecule has 0 radical (unpaired) electrons. The van der Waals surface area contributed by atoms with Crippen molar-refractivity contribution in [3.05, 3.63) is 40.3 Å². The minimum atomic E-state index is 0.137. The molecule has 3 nitrogen and oxygen atoms in total. The fourth-order valence-electron chi connectivity index (χ4n) is 2.71. The number of hydrogen-bond donors (Lipinski definition) is 0. The maximum atomic E-state index is 11.6. The minimum Gasteiger partial charge on any atom is -0.494 e. The number of benzene rings is 1. The summed E-state index contributed by atoms with van der Waals surface area (Å²) in [6.07, 6.45) is 3.23. The van der Waals surface area contributed by atoms with Gasteiger partial charge in [-0.1, -0.05) is 0 Å². The van der Waals surface area contributed by atoms with E-state index in [1.165, 1.54) is 21.6 Å². The van der Waals surface area contributed by atoms with E-state index in [1.807, 2.05) is 12.1 Å². The van der Waals surface area contributed by atoms with Crippen molar-refractivity contribution >= 4 is 17.1 Å². The number of rotatable bonds is 5. The van der Waals surface area contributed by atoms with Crippen molar-refractivity contribution in [2.24, 2.45) is 0 Å². The second kappa shape index (κ2) is 6.33. The smallest absolute Gasteiger partial charge is 0.169 e. The summed E-state index contributed by atoms with van der Waals surface area (Å²) in [7, 11) is 0. The highest BCUT2D eigenvalue weighted by Gasteiger charge is 2.20. The van der Waals surface area contributed by atoms with Crippen molar-refractivity contribution in [1.82, 2.24) is 0 Å². The predicted molar refractivity (Wildman–Crippen MR) is 87.5 cm³/mol. The van der Waals surface area contributed by atoms with E-state index in [-0.39, 0.29) is 5.78 Å². The first-order chi connectivity index (χ1) is 10.7. The first-order valence-electron chi connectivity index (χ1n) is 7.45. The molecule has 0 N–H and O–H groups in total. The second-order valence-electron chi connectivity index (χ2n) is 5.45. The first-order valence-corrected chi connectivity index (χ1v) is 8.27. The summed E-state index contributed by atoms with van der Waals surface area (Å²) < 4.78 is 5.70. The van der Waals surface area contributed by atoms with Gasteiger partial charge in [0.2, 0.25) is 0 Å². The maximum absolute atomic E-state index is 11.6. The van der Waals surface area contributed by atoms with Crippen LogP contribution in [0.25, 0.3) is 10.4 Å². The number of carbonyl (C=O) groups excluding carboxylic acids is 1. The molecule has 0 amide bonds. The van der Waals surface area contributed by atoms with E-state index < -0.39 is 0 Å². The van der Waals surface area contributed by atoms with Crippen LogP contribution in [0.1, 0.15) is 40.6 Å². The standard InChI is InChI=1S/C18H17NO2S/c1-12(20)17-11-14-5-4-13-10-15(21-9-3-2-8-19)6-7-16(13)18(14)22-17/h6-7,10-11H,2-5,9H2,1H3. The Kier molecular flexibility index (Phi) is 4.26. The molecule has 22 heavy (non-hydrogen) atoms. The zero-order chi connectivity index (χ0) is 15.5. The molecule has 0 fully saturated rings. The lowest BCUT2D eigenvalue weighted by Gasteiger charge is -2.17. The molecule has 0 saturated heterocycles. The number of unbranched alkanes of at least 4 members (excludes halogenated alkanes) is 1. The van der Waals surface area contributed by atoms with E-state index in [2.05, 4.69) is 18.2 Å². The summed E-state index contributed by atoms with van der Waals surface area (Å²) in [6, 6.07) is 10.3. The van der Waals surface area contributed by atoms with Crippen LogP contribution in [0.4, 0.5) is 0 Å². The number of carbonyl (C=O) groups is 1. The average Bonchev–Trinajstić information content (AvgIpc) is 2.96. The molecule has 0 spiro atoms. The van der Waals surface area contributed by atoms with Crippen LogP contribution in [0.3, 0.4) is 0 Å². The highest BCUT2D eigenvalue weighted by Crippen LogP contribution is 2.40. The lowest BCUT2D eigenvalue weighted by Crippen LogP contribution is -2.03. The van der Waals surface area contributed by atoms with E-state index >= 15 is 0 Å². The van der Waals surface area contributed by atoms with Crippen LogP contribution < -0.4 is 4.74 Å². The Morgan fingerprint density at radius 2 is 2.14 bits per heavy atom. The Labute approximate surface area is 134 Å². The van der Waals surface area contributed by atoms with Gasteiger partial charge in [-0.25, -0.2) is 0 Å². The molecule has 0 saturated carbocycles. The quantitative estimate of drug-likeness (QED) is 0.607. The molecule has 3 rings (SSSR count). The number of nitrogens with zero attached hydrogens (tertiary/aromatic N) is 1. The number of nitriles is 1. The number of fused-ring (bicyclic) bond motifs is 3. The van der Waals surface area contributed by atoms with Crippen LogP contribution in [0.5, 0.6) is 5.75 Å². The predicted octanol–water partition coefficient (Wildman–Crippen LogP) is 4.40. The number of ketones is 1. The van der Waals surface area contributed by atoms with E-state index in [0.29, 0.717) is 13.0 Å². The third kappa shape index (κ3) is 2.90.